The van der Waals surface area contributed by atoms with Crippen LogP contribution in [-0.4, -0.2) is 54.0 Å². The molecule has 28 heavy (non-hydrogen) atoms. The second kappa shape index (κ2) is 8.78. The molecule has 0 aliphatic carbocycles. The van der Waals surface area contributed by atoms with E-state index in [4.69, 9.17) is 22.1 Å². The fourth-order valence-electron chi connectivity index (χ4n) is 4.58. The highest BCUT2D eigenvalue weighted by molar-refractivity contribution is 6.31. The van der Waals surface area contributed by atoms with Gasteiger partial charge in [0.1, 0.15) is 0 Å². The number of carbonyl (C=O) groups is 2. The summed E-state index contributed by atoms with van der Waals surface area (Å²) in [6, 6.07) is 5.75. The Balaban J connectivity index is 2.75. The molecule has 1 saturated heterocycles. The van der Waals surface area contributed by atoms with Gasteiger partial charge in [0, 0.05) is 29.6 Å². The van der Waals surface area contributed by atoms with Crippen LogP contribution in [0, 0.1) is 10.8 Å². The van der Waals surface area contributed by atoms with E-state index in [-0.39, 0.29) is 13.0 Å². The first kappa shape index (κ1) is 22.6. The van der Waals surface area contributed by atoms with E-state index in [2.05, 4.69) is 5.32 Å². The van der Waals surface area contributed by atoms with Crippen LogP contribution in [0.1, 0.15) is 38.7 Å². The predicted octanol–water partition coefficient (Wildman–Crippen LogP) is 2.33. The Bertz CT molecular complexity index is 730. The minimum absolute atomic E-state index is 0.109. The maximum Gasteiger partial charge on any atom is 0.311 e. The van der Waals surface area contributed by atoms with Crippen LogP contribution in [0.3, 0.4) is 0 Å². The van der Waals surface area contributed by atoms with Crippen LogP contribution < -0.4 is 11.1 Å². The first-order valence-electron chi connectivity index (χ1n) is 9.42. The molecule has 1 aliphatic rings. The zero-order chi connectivity index (χ0) is 21.1. The Hall–Kier alpha value is -1.67. The van der Waals surface area contributed by atoms with Gasteiger partial charge in [-0.3, -0.25) is 9.59 Å². The lowest BCUT2D eigenvalue weighted by molar-refractivity contribution is -0.174. The molecule has 5 atom stereocenters. The maximum atomic E-state index is 12.7. The van der Waals surface area contributed by atoms with Gasteiger partial charge in [-0.05, 0) is 31.9 Å². The number of ether oxygens (including phenoxy) is 1. The van der Waals surface area contributed by atoms with Crippen molar-refractivity contribution < 1.29 is 24.5 Å². The van der Waals surface area contributed by atoms with E-state index in [1.54, 1.807) is 45.0 Å². The molecular weight excluding hydrogens is 384 g/mol. The molecule has 1 heterocycles. The molecule has 4 unspecified atom stereocenters. The number of nitrogens with two attached hydrogens (primary N) is 1. The highest BCUT2D eigenvalue weighted by Crippen LogP contribution is 2.57. The second-order valence-corrected chi connectivity index (χ2v) is 7.95. The Labute approximate surface area is 170 Å². The van der Waals surface area contributed by atoms with Gasteiger partial charge in [0.15, 0.2) is 0 Å². The lowest BCUT2D eigenvalue weighted by Crippen LogP contribution is -2.70. The average Bonchev–Trinajstić information content (AvgIpc) is 2.64. The minimum atomic E-state index is -1.43. The molecule has 5 N–H and O–H groups in total. The van der Waals surface area contributed by atoms with E-state index in [1.165, 1.54) is 0 Å². The molecule has 1 aliphatic heterocycles. The summed E-state index contributed by atoms with van der Waals surface area (Å²) in [5.74, 6) is -3.01. The van der Waals surface area contributed by atoms with Gasteiger partial charge in [-0.15, -0.1) is 0 Å². The van der Waals surface area contributed by atoms with Crippen LogP contribution in [0.15, 0.2) is 24.3 Å². The third-order valence-corrected chi connectivity index (χ3v) is 6.64. The topological polar surface area (TPSA) is 122 Å². The van der Waals surface area contributed by atoms with Crippen LogP contribution >= 0.6 is 11.6 Å². The quantitative estimate of drug-likeness (QED) is 0.483. The summed E-state index contributed by atoms with van der Waals surface area (Å²) in [4.78, 5) is 25.2. The van der Waals surface area contributed by atoms with Gasteiger partial charge in [0.2, 0.25) is 0 Å². The molecule has 7 nitrogen and oxygen atoms in total. The first-order chi connectivity index (χ1) is 13.2. The fourth-order valence-corrected chi connectivity index (χ4v) is 4.83. The highest BCUT2D eigenvalue weighted by atomic mass is 35.5. The van der Waals surface area contributed by atoms with Crippen molar-refractivity contribution >= 4 is 23.5 Å². The number of benzene rings is 1. The van der Waals surface area contributed by atoms with Crippen LogP contribution in [0.4, 0.5) is 0 Å². The highest BCUT2D eigenvalue weighted by Gasteiger charge is 2.65. The van der Waals surface area contributed by atoms with E-state index in [0.717, 1.165) is 0 Å². The van der Waals surface area contributed by atoms with Crippen molar-refractivity contribution in [3.8, 4) is 0 Å². The number of halogens is 1. The molecule has 8 heteroatoms. The third-order valence-electron chi connectivity index (χ3n) is 6.29. The summed E-state index contributed by atoms with van der Waals surface area (Å²) < 4.78 is 5.59. The van der Waals surface area contributed by atoms with Gasteiger partial charge in [0.05, 0.1) is 24.0 Å². The number of rotatable bonds is 8. The van der Waals surface area contributed by atoms with E-state index in [9.17, 15) is 19.8 Å². The van der Waals surface area contributed by atoms with Gasteiger partial charge in [0.25, 0.3) is 0 Å². The molecule has 2 rings (SSSR count). The summed E-state index contributed by atoms with van der Waals surface area (Å²) in [6.45, 7) is 5.82. The molecule has 0 bridgehead atoms. The van der Waals surface area contributed by atoms with Crippen molar-refractivity contribution in [1.29, 1.82) is 0 Å². The van der Waals surface area contributed by atoms with Crippen LogP contribution in [-0.2, 0) is 14.3 Å². The fraction of sp³-hybridized carbons (Fsp3) is 0.600. The zero-order valence-electron chi connectivity index (χ0n) is 16.4. The van der Waals surface area contributed by atoms with E-state index >= 15 is 0 Å². The van der Waals surface area contributed by atoms with Crippen molar-refractivity contribution in [2.75, 3.05) is 19.8 Å². The summed E-state index contributed by atoms with van der Waals surface area (Å²) >= 11 is 6.45. The van der Waals surface area contributed by atoms with Crippen LogP contribution in [0.5, 0.6) is 0 Å². The zero-order valence-corrected chi connectivity index (χ0v) is 17.2. The number of hydrogen-bond acceptors (Lipinski definition) is 5. The Morgan fingerprint density at radius 2 is 1.93 bits per heavy atom. The molecular formula is C20H29ClN2O5. The number of carboxylic acid groups (broad SMARTS) is 2. The van der Waals surface area contributed by atoms with E-state index in [0.29, 0.717) is 23.7 Å². The molecule has 0 aromatic heterocycles. The Kier molecular flexibility index (Phi) is 7.09. The van der Waals surface area contributed by atoms with Gasteiger partial charge in [-0.2, -0.15) is 0 Å². The molecule has 0 amide bonds. The third kappa shape index (κ3) is 3.52. The van der Waals surface area contributed by atoms with E-state index in [1.807, 2.05) is 0 Å². The van der Waals surface area contributed by atoms with E-state index < -0.39 is 40.8 Å². The first-order valence-corrected chi connectivity index (χ1v) is 9.80. The lowest BCUT2D eigenvalue weighted by Gasteiger charge is -2.56. The summed E-state index contributed by atoms with van der Waals surface area (Å²) in [6.07, 6.45) is 0.206. The molecule has 1 fully saturated rings. The molecule has 156 valence electrons. The molecule has 1 aromatic carbocycles. The van der Waals surface area contributed by atoms with Gasteiger partial charge >= 0.3 is 11.9 Å². The van der Waals surface area contributed by atoms with Crippen molar-refractivity contribution in [1.82, 2.24) is 5.32 Å². The number of carboxylic acids is 2. The molecule has 0 spiro atoms. The summed E-state index contributed by atoms with van der Waals surface area (Å²) in [5, 5.41) is 24.1. The van der Waals surface area contributed by atoms with Gasteiger partial charge in [-0.25, -0.2) is 0 Å². The van der Waals surface area contributed by atoms with Crippen LogP contribution in [0.25, 0.3) is 0 Å². The molecule has 0 radical (unpaired) electrons. The smallest absolute Gasteiger partial charge is 0.311 e. The minimum Gasteiger partial charge on any atom is -0.481 e. The SMILES string of the molecule is CCC1(C(=O)O)C(c2ccccc2Cl)C(C)(C(=O)O)C(C)N[C@@H]1COCCN. The normalized spacial score (nSPS) is 32.8. The van der Waals surface area contributed by atoms with Gasteiger partial charge in [-0.1, -0.05) is 36.7 Å². The van der Waals surface area contributed by atoms with Crippen molar-refractivity contribution in [2.24, 2.45) is 16.6 Å². The molecule has 1 aromatic rings. The number of hydrogen-bond donors (Lipinski definition) is 4. The van der Waals surface area contributed by atoms with Crippen molar-refractivity contribution in [3.05, 3.63) is 34.9 Å². The van der Waals surface area contributed by atoms with Crippen LogP contribution in [0.2, 0.25) is 5.02 Å². The largest absolute Gasteiger partial charge is 0.481 e. The Morgan fingerprint density at radius 3 is 2.43 bits per heavy atom. The maximum absolute atomic E-state index is 12.7. The standard InChI is InChI=1S/C20H29ClN2O5/c1-4-20(18(26)27)15(11-28-10-9-22)23-12(2)19(3,17(24)25)16(20)13-7-5-6-8-14(13)21/h5-8,12,15-16,23H,4,9-11,22H2,1-3H3,(H,24,25)(H,26,27)/t12?,15-,16?,19?,20?/m1/s1. The molecule has 0 saturated carbocycles. The van der Waals surface area contributed by atoms with Gasteiger partial charge < -0.3 is 26.0 Å². The monoisotopic (exact) mass is 412 g/mol. The van der Waals surface area contributed by atoms with Crippen molar-refractivity contribution in [2.45, 2.75) is 45.2 Å². The summed E-state index contributed by atoms with van der Waals surface area (Å²) in [5.41, 5.74) is 3.19. The van der Waals surface area contributed by atoms with Crippen molar-refractivity contribution in [3.63, 3.8) is 0 Å². The second-order valence-electron chi connectivity index (χ2n) is 7.55. The lowest BCUT2D eigenvalue weighted by atomic mass is 9.51. The number of piperidine rings is 1. The average molecular weight is 413 g/mol. The number of aliphatic carboxylic acids is 2. The summed E-state index contributed by atoms with van der Waals surface area (Å²) in [7, 11) is 0. The Morgan fingerprint density at radius 1 is 1.29 bits per heavy atom. The number of nitrogens with one attached hydrogen (secondary N) is 1. The predicted molar refractivity (Wildman–Crippen MR) is 107 cm³/mol.